The zero-order valence-corrected chi connectivity index (χ0v) is 12.7. The molecule has 2 N–H and O–H groups in total. The van der Waals surface area contributed by atoms with Crippen molar-refractivity contribution in [1.82, 2.24) is 0 Å². The summed E-state index contributed by atoms with van der Waals surface area (Å²) in [5, 5.41) is 10.9. The monoisotopic (exact) mass is 354 g/mol. The van der Waals surface area contributed by atoms with E-state index in [9.17, 15) is 14.3 Å². The molecule has 0 saturated heterocycles. The molecule has 7 heteroatoms. The first-order valence-electron chi connectivity index (χ1n) is 5.65. The number of nitrogens with zero attached hydrogens (tertiary/aromatic N) is 1. The molecule has 0 bridgehead atoms. The average Bonchev–Trinajstić information content (AvgIpc) is 2.41. The van der Waals surface area contributed by atoms with Crippen LogP contribution in [-0.4, -0.2) is 9.13 Å². The highest BCUT2D eigenvalue weighted by atomic mass is 79.9. The van der Waals surface area contributed by atoms with Crippen LogP contribution in [0.3, 0.4) is 0 Å². The van der Waals surface area contributed by atoms with Crippen LogP contribution in [0.4, 0.5) is 11.4 Å². The highest BCUT2D eigenvalue weighted by Gasteiger charge is 2.17. The Balaban J connectivity index is 2.32. The summed E-state index contributed by atoms with van der Waals surface area (Å²) in [5.74, 6) is 0.163. The quantitative estimate of drug-likeness (QED) is 0.518. The summed E-state index contributed by atoms with van der Waals surface area (Å²) in [5.41, 5.74) is 6.80. The average molecular weight is 355 g/mol. The van der Waals surface area contributed by atoms with Crippen LogP contribution in [0.25, 0.3) is 0 Å². The van der Waals surface area contributed by atoms with Gasteiger partial charge in [0.15, 0.2) is 0 Å². The summed E-state index contributed by atoms with van der Waals surface area (Å²) in [6, 6.07) is 11.6. The number of nitro benzene ring substituents is 1. The molecule has 0 heterocycles. The Morgan fingerprint density at radius 3 is 2.55 bits per heavy atom. The first-order chi connectivity index (χ1) is 9.50. The molecule has 0 aromatic heterocycles. The van der Waals surface area contributed by atoms with Gasteiger partial charge in [-0.3, -0.25) is 14.3 Å². The summed E-state index contributed by atoms with van der Waals surface area (Å²) in [7, 11) is -1.36. The third-order valence-corrected chi connectivity index (χ3v) is 5.06. The van der Waals surface area contributed by atoms with E-state index in [4.69, 9.17) is 5.73 Å². The Morgan fingerprint density at radius 2 is 1.90 bits per heavy atom. The number of rotatable bonds is 4. The maximum Gasteiger partial charge on any atom is 0.283 e. The molecule has 0 aliphatic carbocycles. The molecule has 2 rings (SSSR count). The van der Waals surface area contributed by atoms with Crippen molar-refractivity contribution in [3.05, 3.63) is 62.6 Å². The Hall–Kier alpha value is -1.73. The van der Waals surface area contributed by atoms with Crippen molar-refractivity contribution >= 4 is 38.1 Å². The number of nitrogens with two attached hydrogens (primary N) is 1. The van der Waals surface area contributed by atoms with Crippen molar-refractivity contribution in [2.45, 2.75) is 10.6 Å². The minimum absolute atomic E-state index is 0.0412. The van der Waals surface area contributed by atoms with Crippen molar-refractivity contribution in [1.29, 1.82) is 0 Å². The maximum absolute atomic E-state index is 12.3. The van der Waals surface area contributed by atoms with E-state index in [1.165, 1.54) is 6.07 Å². The van der Waals surface area contributed by atoms with Crippen LogP contribution < -0.4 is 5.73 Å². The SMILES string of the molecule is Nc1ccccc1S(=O)Cc1cccc([N+](=O)[O-])c1Br. The van der Waals surface area contributed by atoms with Crippen molar-refractivity contribution in [2.75, 3.05) is 5.73 Å². The van der Waals surface area contributed by atoms with Crippen LogP contribution in [0.15, 0.2) is 51.8 Å². The molecule has 0 aliphatic rings. The fourth-order valence-corrected chi connectivity index (χ4v) is 3.70. The van der Waals surface area contributed by atoms with E-state index in [1.807, 2.05) is 0 Å². The largest absolute Gasteiger partial charge is 0.398 e. The lowest BCUT2D eigenvalue weighted by Crippen LogP contribution is -2.02. The van der Waals surface area contributed by atoms with Crippen LogP contribution in [-0.2, 0) is 16.6 Å². The summed E-state index contributed by atoms with van der Waals surface area (Å²) < 4.78 is 12.7. The van der Waals surface area contributed by atoms with Crippen LogP contribution in [0.2, 0.25) is 0 Å². The number of nitrogen functional groups attached to an aromatic ring is 1. The number of nitro groups is 1. The summed E-state index contributed by atoms with van der Waals surface area (Å²) in [6.07, 6.45) is 0. The van der Waals surface area contributed by atoms with Gasteiger partial charge in [0.2, 0.25) is 0 Å². The Labute approximate surface area is 126 Å². The van der Waals surface area contributed by atoms with Crippen LogP contribution in [0.1, 0.15) is 5.56 Å². The number of benzene rings is 2. The molecule has 2 aromatic rings. The van der Waals surface area contributed by atoms with Gasteiger partial charge in [0.1, 0.15) is 0 Å². The first-order valence-corrected chi connectivity index (χ1v) is 7.76. The highest BCUT2D eigenvalue weighted by Crippen LogP contribution is 2.30. The summed E-state index contributed by atoms with van der Waals surface area (Å²) >= 11 is 3.19. The summed E-state index contributed by atoms with van der Waals surface area (Å²) in [6.45, 7) is 0. The number of hydrogen-bond donors (Lipinski definition) is 1. The van der Waals surface area contributed by atoms with Gasteiger partial charge < -0.3 is 5.73 Å². The van der Waals surface area contributed by atoms with E-state index < -0.39 is 15.7 Å². The molecule has 1 atom stereocenters. The zero-order chi connectivity index (χ0) is 14.7. The second-order valence-corrected chi connectivity index (χ2v) is 6.25. The molecule has 0 aliphatic heterocycles. The smallest absolute Gasteiger partial charge is 0.283 e. The van der Waals surface area contributed by atoms with Crippen molar-refractivity contribution in [3.8, 4) is 0 Å². The molecule has 104 valence electrons. The molecule has 0 amide bonds. The molecule has 2 aromatic carbocycles. The normalized spacial score (nSPS) is 12.1. The molecule has 5 nitrogen and oxygen atoms in total. The van der Waals surface area contributed by atoms with Gasteiger partial charge in [-0.15, -0.1) is 0 Å². The van der Waals surface area contributed by atoms with Crippen molar-refractivity contribution in [2.24, 2.45) is 0 Å². The molecule has 0 radical (unpaired) electrons. The van der Waals surface area contributed by atoms with Gasteiger partial charge in [-0.05, 0) is 33.6 Å². The van der Waals surface area contributed by atoms with Crippen LogP contribution >= 0.6 is 15.9 Å². The summed E-state index contributed by atoms with van der Waals surface area (Å²) in [4.78, 5) is 10.9. The Bertz CT molecular complexity index is 691. The lowest BCUT2D eigenvalue weighted by Gasteiger charge is -2.07. The van der Waals surface area contributed by atoms with Gasteiger partial charge in [-0.25, -0.2) is 0 Å². The van der Waals surface area contributed by atoms with E-state index >= 15 is 0 Å². The molecular formula is C13H11BrN2O3S. The minimum atomic E-state index is -1.36. The van der Waals surface area contributed by atoms with E-state index in [1.54, 1.807) is 36.4 Å². The number of anilines is 1. The fraction of sp³-hybridized carbons (Fsp3) is 0.0769. The van der Waals surface area contributed by atoms with E-state index in [0.29, 0.717) is 20.6 Å². The first kappa shape index (κ1) is 14.7. The molecule has 0 fully saturated rings. The van der Waals surface area contributed by atoms with Crippen molar-refractivity contribution in [3.63, 3.8) is 0 Å². The topological polar surface area (TPSA) is 86.2 Å². The van der Waals surface area contributed by atoms with E-state index in [-0.39, 0.29) is 11.4 Å². The van der Waals surface area contributed by atoms with Crippen molar-refractivity contribution < 1.29 is 9.13 Å². The van der Waals surface area contributed by atoms with E-state index in [2.05, 4.69) is 15.9 Å². The fourth-order valence-electron chi connectivity index (χ4n) is 1.73. The highest BCUT2D eigenvalue weighted by molar-refractivity contribution is 9.10. The molecule has 0 spiro atoms. The van der Waals surface area contributed by atoms with E-state index in [0.717, 1.165) is 0 Å². The number of hydrogen-bond acceptors (Lipinski definition) is 4. The molecule has 20 heavy (non-hydrogen) atoms. The van der Waals surface area contributed by atoms with Gasteiger partial charge in [0.05, 0.1) is 30.8 Å². The number of para-hydroxylation sites is 1. The number of halogens is 1. The van der Waals surface area contributed by atoms with Crippen LogP contribution in [0.5, 0.6) is 0 Å². The lowest BCUT2D eigenvalue weighted by molar-refractivity contribution is -0.385. The van der Waals surface area contributed by atoms with Gasteiger partial charge in [-0.1, -0.05) is 24.3 Å². The predicted molar refractivity (Wildman–Crippen MR) is 81.8 cm³/mol. The molecule has 1 unspecified atom stereocenters. The molecule has 0 saturated carbocycles. The Kier molecular flexibility index (Phi) is 4.51. The minimum Gasteiger partial charge on any atom is -0.398 e. The maximum atomic E-state index is 12.3. The van der Waals surface area contributed by atoms with Gasteiger partial charge in [0, 0.05) is 11.8 Å². The third-order valence-electron chi connectivity index (χ3n) is 2.71. The molecular weight excluding hydrogens is 344 g/mol. The van der Waals surface area contributed by atoms with Gasteiger partial charge >= 0.3 is 0 Å². The van der Waals surface area contributed by atoms with Gasteiger partial charge in [-0.2, -0.15) is 0 Å². The second kappa shape index (κ2) is 6.15. The third kappa shape index (κ3) is 3.05. The lowest BCUT2D eigenvalue weighted by atomic mass is 10.2. The Morgan fingerprint density at radius 1 is 1.20 bits per heavy atom. The predicted octanol–water partition coefficient (Wildman–Crippen LogP) is 3.25. The standard InChI is InChI=1S/C13H11BrN2O3S/c14-13-9(4-3-6-11(13)16(17)18)8-20(19)12-7-2-1-5-10(12)15/h1-7H,8,15H2. The zero-order valence-electron chi connectivity index (χ0n) is 10.3. The van der Waals surface area contributed by atoms with Crippen LogP contribution in [0, 0.1) is 10.1 Å². The second-order valence-electron chi connectivity index (χ2n) is 4.04. The van der Waals surface area contributed by atoms with Gasteiger partial charge in [0.25, 0.3) is 5.69 Å².